The van der Waals surface area contributed by atoms with Gasteiger partial charge in [-0.1, -0.05) is 0 Å². The number of amides is 1. The van der Waals surface area contributed by atoms with Gasteiger partial charge >= 0.3 is 5.97 Å². The molecule has 2 aromatic rings. The smallest absolute Gasteiger partial charge is 0.337 e. The highest BCUT2D eigenvalue weighted by atomic mass is 16.5. The first kappa shape index (κ1) is 17.5. The van der Waals surface area contributed by atoms with Gasteiger partial charge in [-0.15, -0.1) is 0 Å². The van der Waals surface area contributed by atoms with Gasteiger partial charge in [0.15, 0.2) is 0 Å². The van der Waals surface area contributed by atoms with E-state index >= 15 is 0 Å². The zero-order valence-electron chi connectivity index (χ0n) is 14.1. The summed E-state index contributed by atoms with van der Waals surface area (Å²) in [4.78, 5) is 30.0. The van der Waals surface area contributed by atoms with E-state index in [0.717, 1.165) is 18.8 Å². The fourth-order valence-electron chi connectivity index (χ4n) is 2.33. The molecule has 126 valence electrons. The SMILES string of the molecule is CCN(CC)c1ccnc(C(=O)Nc2ccc(C(=O)OC)cc2)c1. The molecule has 1 heterocycles. The molecular weight excluding hydrogens is 306 g/mol. The highest BCUT2D eigenvalue weighted by Gasteiger charge is 2.11. The highest BCUT2D eigenvalue weighted by molar-refractivity contribution is 6.03. The van der Waals surface area contributed by atoms with E-state index in [1.54, 1.807) is 36.5 Å². The number of ether oxygens (including phenoxy) is 1. The van der Waals surface area contributed by atoms with Gasteiger partial charge in [-0.3, -0.25) is 9.78 Å². The summed E-state index contributed by atoms with van der Waals surface area (Å²) in [5.41, 5.74) is 2.32. The van der Waals surface area contributed by atoms with Crippen molar-refractivity contribution in [2.24, 2.45) is 0 Å². The summed E-state index contributed by atoms with van der Waals surface area (Å²) in [6.07, 6.45) is 1.63. The van der Waals surface area contributed by atoms with Crippen molar-refractivity contribution in [1.82, 2.24) is 4.98 Å². The van der Waals surface area contributed by atoms with Crippen molar-refractivity contribution in [3.63, 3.8) is 0 Å². The van der Waals surface area contributed by atoms with Crippen LogP contribution >= 0.6 is 0 Å². The Balaban J connectivity index is 2.12. The number of nitrogens with zero attached hydrogens (tertiary/aromatic N) is 2. The maximum Gasteiger partial charge on any atom is 0.337 e. The van der Waals surface area contributed by atoms with Gasteiger partial charge in [0.05, 0.1) is 12.7 Å². The van der Waals surface area contributed by atoms with Crippen LogP contribution in [0.1, 0.15) is 34.7 Å². The van der Waals surface area contributed by atoms with Gasteiger partial charge in [-0.05, 0) is 50.2 Å². The van der Waals surface area contributed by atoms with Crippen molar-refractivity contribution in [3.8, 4) is 0 Å². The molecule has 1 N–H and O–H groups in total. The van der Waals surface area contributed by atoms with E-state index in [-0.39, 0.29) is 5.91 Å². The summed E-state index contributed by atoms with van der Waals surface area (Å²) in [6.45, 7) is 5.84. The number of methoxy groups -OCH3 is 1. The van der Waals surface area contributed by atoms with Gasteiger partial charge < -0.3 is 15.0 Å². The molecule has 0 aliphatic heterocycles. The van der Waals surface area contributed by atoms with Crippen molar-refractivity contribution in [2.75, 3.05) is 30.4 Å². The molecular formula is C18H21N3O3. The van der Waals surface area contributed by atoms with Crippen LogP contribution in [-0.2, 0) is 4.74 Å². The van der Waals surface area contributed by atoms with E-state index in [9.17, 15) is 9.59 Å². The molecule has 0 spiro atoms. The molecule has 0 radical (unpaired) electrons. The zero-order valence-corrected chi connectivity index (χ0v) is 14.1. The van der Waals surface area contributed by atoms with Crippen LogP contribution in [-0.4, -0.2) is 37.1 Å². The fourth-order valence-corrected chi connectivity index (χ4v) is 2.33. The predicted molar refractivity (Wildman–Crippen MR) is 93.5 cm³/mol. The molecule has 1 aromatic heterocycles. The van der Waals surface area contributed by atoms with E-state index in [4.69, 9.17) is 0 Å². The molecule has 1 aromatic carbocycles. The Labute approximate surface area is 141 Å². The summed E-state index contributed by atoms with van der Waals surface area (Å²) >= 11 is 0. The van der Waals surface area contributed by atoms with Crippen LogP contribution in [0, 0.1) is 0 Å². The van der Waals surface area contributed by atoms with Crippen molar-refractivity contribution in [1.29, 1.82) is 0 Å². The monoisotopic (exact) mass is 327 g/mol. The molecule has 0 aliphatic rings. The van der Waals surface area contributed by atoms with Gasteiger partial charge in [0, 0.05) is 30.7 Å². The Morgan fingerprint density at radius 2 is 1.79 bits per heavy atom. The van der Waals surface area contributed by atoms with E-state index in [1.807, 2.05) is 6.07 Å². The Morgan fingerprint density at radius 1 is 1.12 bits per heavy atom. The number of anilines is 2. The molecule has 6 nitrogen and oxygen atoms in total. The van der Waals surface area contributed by atoms with Crippen molar-refractivity contribution >= 4 is 23.3 Å². The van der Waals surface area contributed by atoms with Crippen molar-refractivity contribution < 1.29 is 14.3 Å². The maximum atomic E-state index is 12.4. The number of carbonyl (C=O) groups excluding carboxylic acids is 2. The van der Waals surface area contributed by atoms with Crippen LogP contribution < -0.4 is 10.2 Å². The van der Waals surface area contributed by atoms with E-state index in [2.05, 4.69) is 33.8 Å². The van der Waals surface area contributed by atoms with Crippen LogP contribution in [0.4, 0.5) is 11.4 Å². The number of nitrogens with one attached hydrogen (secondary N) is 1. The summed E-state index contributed by atoms with van der Waals surface area (Å²) in [5.74, 6) is -0.712. The molecule has 1 amide bonds. The number of rotatable bonds is 6. The second kappa shape index (κ2) is 8.10. The second-order valence-electron chi connectivity index (χ2n) is 5.09. The molecule has 0 fully saturated rings. The van der Waals surface area contributed by atoms with Crippen LogP contribution in [0.25, 0.3) is 0 Å². The second-order valence-corrected chi connectivity index (χ2v) is 5.09. The third kappa shape index (κ3) is 4.10. The quantitative estimate of drug-likeness (QED) is 0.826. The van der Waals surface area contributed by atoms with Crippen LogP contribution in [0.2, 0.25) is 0 Å². The number of hydrogen-bond donors (Lipinski definition) is 1. The van der Waals surface area contributed by atoms with Crippen LogP contribution in [0.15, 0.2) is 42.6 Å². The van der Waals surface area contributed by atoms with E-state index < -0.39 is 5.97 Å². The molecule has 0 atom stereocenters. The topological polar surface area (TPSA) is 71.5 Å². The lowest BCUT2D eigenvalue weighted by Crippen LogP contribution is -2.23. The maximum absolute atomic E-state index is 12.4. The minimum absolute atomic E-state index is 0.296. The molecule has 0 bridgehead atoms. The molecule has 0 aliphatic carbocycles. The van der Waals surface area contributed by atoms with Crippen molar-refractivity contribution in [3.05, 3.63) is 53.9 Å². The number of carbonyl (C=O) groups is 2. The van der Waals surface area contributed by atoms with Gasteiger partial charge in [-0.2, -0.15) is 0 Å². The Bertz CT molecular complexity index is 710. The third-order valence-electron chi connectivity index (χ3n) is 3.67. The average molecular weight is 327 g/mol. The van der Waals surface area contributed by atoms with Gasteiger partial charge in [0.1, 0.15) is 5.69 Å². The lowest BCUT2D eigenvalue weighted by molar-refractivity contribution is 0.0600. The Hall–Kier alpha value is -2.89. The van der Waals surface area contributed by atoms with Crippen LogP contribution in [0.5, 0.6) is 0 Å². The van der Waals surface area contributed by atoms with Gasteiger partial charge in [0.25, 0.3) is 5.91 Å². The molecule has 0 saturated carbocycles. The first-order valence-corrected chi connectivity index (χ1v) is 7.79. The third-order valence-corrected chi connectivity index (χ3v) is 3.67. The summed E-state index contributed by atoms with van der Waals surface area (Å²) in [7, 11) is 1.33. The molecule has 6 heteroatoms. The molecule has 24 heavy (non-hydrogen) atoms. The largest absolute Gasteiger partial charge is 0.465 e. The first-order valence-electron chi connectivity index (χ1n) is 7.79. The number of aromatic nitrogens is 1. The lowest BCUT2D eigenvalue weighted by Gasteiger charge is -2.21. The number of esters is 1. The van der Waals surface area contributed by atoms with Crippen LogP contribution in [0.3, 0.4) is 0 Å². The van der Waals surface area contributed by atoms with E-state index in [1.165, 1.54) is 7.11 Å². The number of benzene rings is 1. The minimum Gasteiger partial charge on any atom is -0.465 e. The summed E-state index contributed by atoms with van der Waals surface area (Å²) in [5, 5.41) is 2.77. The molecule has 0 unspecified atom stereocenters. The fraction of sp³-hybridized carbons (Fsp3) is 0.278. The van der Waals surface area contributed by atoms with Gasteiger partial charge in [0.2, 0.25) is 0 Å². The van der Waals surface area contributed by atoms with E-state index in [0.29, 0.717) is 16.9 Å². The highest BCUT2D eigenvalue weighted by Crippen LogP contribution is 2.16. The first-order chi connectivity index (χ1) is 11.6. The normalized spacial score (nSPS) is 10.1. The molecule has 0 saturated heterocycles. The Morgan fingerprint density at radius 3 is 2.38 bits per heavy atom. The summed E-state index contributed by atoms with van der Waals surface area (Å²) < 4.78 is 4.64. The predicted octanol–water partition coefficient (Wildman–Crippen LogP) is 2.97. The average Bonchev–Trinajstić information content (AvgIpc) is 2.63. The minimum atomic E-state index is -0.415. The number of pyridine rings is 1. The Kier molecular flexibility index (Phi) is 5.89. The number of hydrogen-bond acceptors (Lipinski definition) is 5. The van der Waals surface area contributed by atoms with Gasteiger partial charge in [-0.25, -0.2) is 4.79 Å². The van der Waals surface area contributed by atoms with Crippen molar-refractivity contribution in [2.45, 2.75) is 13.8 Å². The zero-order chi connectivity index (χ0) is 17.5. The molecule has 2 rings (SSSR count). The summed E-state index contributed by atoms with van der Waals surface area (Å²) in [6, 6.07) is 10.2. The lowest BCUT2D eigenvalue weighted by atomic mass is 10.2. The standard InChI is InChI=1S/C18H21N3O3/c1-4-21(5-2)15-10-11-19-16(12-15)17(22)20-14-8-6-13(7-9-14)18(23)24-3/h6-12H,4-5H2,1-3H3,(H,20,22).